The lowest BCUT2D eigenvalue weighted by molar-refractivity contribution is 0.103. The number of hydrogen-bond donors (Lipinski definition) is 3. The second-order valence-corrected chi connectivity index (χ2v) is 6.50. The zero-order chi connectivity index (χ0) is 17.3. The molecule has 24 heavy (non-hydrogen) atoms. The Kier molecular flexibility index (Phi) is 4.18. The highest BCUT2D eigenvalue weighted by atomic mass is 32.1. The third-order valence-corrected chi connectivity index (χ3v) is 4.45. The average molecular weight is 344 g/mol. The SMILES string of the molecule is CC(C)Nc1sc(C(=O)Nc2ccc3c(c2)OCO3)c(N)c1C#N. The fraction of sp³-hybridized carbons (Fsp3) is 0.250. The third-order valence-electron chi connectivity index (χ3n) is 3.31. The first-order chi connectivity index (χ1) is 11.5. The number of nitrogen functional groups attached to an aromatic ring is 1. The molecule has 7 nitrogen and oxygen atoms in total. The van der Waals surface area contributed by atoms with E-state index in [-0.39, 0.29) is 24.4 Å². The number of nitrogens with two attached hydrogens (primary N) is 1. The molecule has 4 N–H and O–H groups in total. The Balaban J connectivity index is 1.85. The van der Waals surface area contributed by atoms with Gasteiger partial charge in [-0.25, -0.2) is 0 Å². The van der Waals surface area contributed by atoms with Crippen molar-refractivity contribution in [3.8, 4) is 17.6 Å². The van der Waals surface area contributed by atoms with Gasteiger partial charge in [-0.2, -0.15) is 5.26 Å². The maximum absolute atomic E-state index is 12.5. The molecule has 0 saturated carbocycles. The van der Waals surface area contributed by atoms with Gasteiger partial charge in [0.1, 0.15) is 21.5 Å². The molecule has 1 aromatic carbocycles. The van der Waals surface area contributed by atoms with Crippen LogP contribution in [-0.4, -0.2) is 18.7 Å². The number of carbonyl (C=O) groups is 1. The Morgan fingerprint density at radius 3 is 2.83 bits per heavy atom. The largest absolute Gasteiger partial charge is 0.454 e. The van der Waals surface area contributed by atoms with E-state index in [2.05, 4.69) is 10.6 Å². The monoisotopic (exact) mass is 344 g/mol. The predicted molar refractivity (Wildman–Crippen MR) is 92.7 cm³/mol. The molecule has 0 fully saturated rings. The van der Waals surface area contributed by atoms with Gasteiger partial charge in [0.15, 0.2) is 11.5 Å². The van der Waals surface area contributed by atoms with Crippen LogP contribution in [0.2, 0.25) is 0 Å². The van der Waals surface area contributed by atoms with Crippen molar-refractivity contribution in [3.05, 3.63) is 28.6 Å². The highest BCUT2D eigenvalue weighted by Gasteiger charge is 2.22. The van der Waals surface area contributed by atoms with E-state index in [4.69, 9.17) is 15.2 Å². The van der Waals surface area contributed by atoms with Crippen LogP contribution in [0, 0.1) is 11.3 Å². The van der Waals surface area contributed by atoms with Crippen LogP contribution in [0.4, 0.5) is 16.4 Å². The molecule has 3 rings (SSSR count). The molecule has 0 atom stereocenters. The molecule has 0 bridgehead atoms. The van der Waals surface area contributed by atoms with Crippen molar-refractivity contribution >= 4 is 33.6 Å². The number of nitrogens with zero attached hydrogens (tertiary/aromatic N) is 1. The smallest absolute Gasteiger partial charge is 0.267 e. The maximum Gasteiger partial charge on any atom is 0.267 e. The van der Waals surface area contributed by atoms with Crippen molar-refractivity contribution in [1.29, 1.82) is 5.26 Å². The molecule has 0 spiro atoms. The summed E-state index contributed by atoms with van der Waals surface area (Å²) >= 11 is 1.17. The lowest BCUT2D eigenvalue weighted by Gasteiger charge is -2.07. The number of benzene rings is 1. The van der Waals surface area contributed by atoms with Crippen LogP contribution in [0.25, 0.3) is 0 Å². The van der Waals surface area contributed by atoms with Crippen molar-refractivity contribution in [2.45, 2.75) is 19.9 Å². The summed E-state index contributed by atoms with van der Waals surface area (Å²) in [6, 6.07) is 7.30. The minimum atomic E-state index is -0.371. The first kappa shape index (κ1) is 16.0. The predicted octanol–water partition coefficient (Wildman–Crippen LogP) is 3.00. The standard InChI is InChI=1S/C16H16N4O3S/c1-8(2)19-16-10(6-17)13(18)14(24-16)15(21)20-9-3-4-11-12(5-9)23-7-22-11/h3-5,8,19H,7,18H2,1-2H3,(H,20,21). The van der Waals surface area contributed by atoms with E-state index in [0.29, 0.717) is 32.6 Å². The zero-order valence-electron chi connectivity index (χ0n) is 13.2. The number of fused-ring (bicyclic) bond motifs is 1. The van der Waals surface area contributed by atoms with Gasteiger partial charge < -0.3 is 25.8 Å². The molecule has 8 heteroatoms. The Morgan fingerprint density at radius 2 is 2.12 bits per heavy atom. The Hall–Kier alpha value is -2.92. The van der Waals surface area contributed by atoms with Crippen molar-refractivity contribution in [1.82, 2.24) is 0 Å². The van der Waals surface area contributed by atoms with E-state index in [1.54, 1.807) is 18.2 Å². The number of nitriles is 1. The summed E-state index contributed by atoms with van der Waals surface area (Å²) in [4.78, 5) is 12.8. The summed E-state index contributed by atoms with van der Waals surface area (Å²) < 4.78 is 10.5. The lowest BCUT2D eigenvalue weighted by Crippen LogP contribution is -2.12. The van der Waals surface area contributed by atoms with E-state index in [1.807, 2.05) is 19.9 Å². The van der Waals surface area contributed by atoms with Crippen molar-refractivity contribution in [3.63, 3.8) is 0 Å². The normalized spacial score (nSPS) is 12.1. The van der Waals surface area contributed by atoms with Gasteiger partial charge in [-0.3, -0.25) is 4.79 Å². The summed E-state index contributed by atoms with van der Waals surface area (Å²) in [6.07, 6.45) is 0. The molecular formula is C16H16N4O3S. The number of rotatable bonds is 4. The molecule has 2 aromatic rings. The number of anilines is 3. The molecule has 0 saturated heterocycles. The van der Waals surface area contributed by atoms with Crippen LogP contribution in [-0.2, 0) is 0 Å². The second-order valence-electron chi connectivity index (χ2n) is 5.48. The first-order valence-corrected chi connectivity index (χ1v) is 8.11. The van der Waals surface area contributed by atoms with Gasteiger partial charge in [-0.15, -0.1) is 11.3 Å². The number of amides is 1. The zero-order valence-corrected chi connectivity index (χ0v) is 14.0. The van der Waals surface area contributed by atoms with Crippen LogP contribution < -0.4 is 25.8 Å². The molecule has 1 aromatic heterocycles. The van der Waals surface area contributed by atoms with Crippen molar-refractivity contribution in [2.24, 2.45) is 0 Å². The fourth-order valence-corrected chi connectivity index (χ4v) is 3.36. The number of carbonyl (C=O) groups excluding carboxylic acids is 1. The minimum Gasteiger partial charge on any atom is -0.454 e. The van der Waals surface area contributed by atoms with Gasteiger partial charge in [0.25, 0.3) is 5.91 Å². The van der Waals surface area contributed by atoms with Gasteiger partial charge in [0.2, 0.25) is 6.79 Å². The molecule has 1 aliphatic rings. The summed E-state index contributed by atoms with van der Waals surface area (Å²) in [6.45, 7) is 4.06. The minimum absolute atomic E-state index is 0.125. The van der Waals surface area contributed by atoms with Gasteiger partial charge >= 0.3 is 0 Å². The van der Waals surface area contributed by atoms with Crippen LogP contribution in [0.3, 0.4) is 0 Å². The van der Waals surface area contributed by atoms with E-state index >= 15 is 0 Å². The van der Waals surface area contributed by atoms with Crippen LogP contribution in [0.15, 0.2) is 18.2 Å². The third kappa shape index (κ3) is 2.94. The van der Waals surface area contributed by atoms with Crippen LogP contribution in [0.5, 0.6) is 11.5 Å². The first-order valence-electron chi connectivity index (χ1n) is 7.29. The topological polar surface area (TPSA) is 109 Å². The van der Waals surface area contributed by atoms with Gasteiger partial charge in [-0.1, -0.05) is 0 Å². The molecule has 2 heterocycles. The molecule has 124 valence electrons. The molecule has 0 unspecified atom stereocenters. The number of thiophene rings is 1. The number of ether oxygens (including phenoxy) is 2. The fourth-order valence-electron chi connectivity index (χ4n) is 2.25. The number of nitrogens with one attached hydrogen (secondary N) is 2. The van der Waals surface area contributed by atoms with Crippen molar-refractivity contribution in [2.75, 3.05) is 23.2 Å². The van der Waals surface area contributed by atoms with E-state index in [9.17, 15) is 10.1 Å². The van der Waals surface area contributed by atoms with E-state index < -0.39 is 0 Å². The van der Waals surface area contributed by atoms with Crippen LogP contribution >= 0.6 is 11.3 Å². The Morgan fingerprint density at radius 1 is 1.38 bits per heavy atom. The molecule has 0 aliphatic carbocycles. The molecule has 1 amide bonds. The van der Waals surface area contributed by atoms with Gasteiger partial charge in [0.05, 0.1) is 5.69 Å². The van der Waals surface area contributed by atoms with Crippen LogP contribution in [0.1, 0.15) is 29.1 Å². The summed E-state index contributed by atoms with van der Waals surface area (Å²) in [5.41, 5.74) is 7.02. The highest BCUT2D eigenvalue weighted by molar-refractivity contribution is 7.19. The second kappa shape index (κ2) is 6.29. The quantitative estimate of drug-likeness (QED) is 0.786. The van der Waals surface area contributed by atoms with Crippen molar-refractivity contribution < 1.29 is 14.3 Å². The molecular weight excluding hydrogens is 328 g/mol. The lowest BCUT2D eigenvalue weighted by atomic mass is 10.2. The van der Waals surface area contributed by atoms with E-state index in [1.165, 1.54) is 11.3 Å². The summed E-state index contributed by atoms with van der Waals surface area (Å²) in [5.74, 6) is 0.843. The maximum atomic E-state index is 12.5. The highest BCUT2D eigenvalue weighted by Crippen LogP contribution is 2.37. The Bertz CT molecular complexity index is 839. The summed E-state index contributed by atoms with van der Waals surface area (Å²) in [5, 5.41) is 15.8. The number of hydrogen-bond acceptors (Lipinski definition) is 7. The molecule has 0 radical (unpaired) electrons. The van der Waals surface area contributed by atoms with Gasteiger partial charge in [0, 0.05) is 17.8 Å². The summed E-state index contributed by atoms with van der Waals surface area (Å²) in [7, 11) is 0. The Labute approximate surface area is 143 Å². The van der Waals surface area contributed by atoms with E-state index in [0.717, 1.165) is 0 Å². The molecule has 1 aliphatic heterocycles. The average Bonchev–Trinajstić information content (AvgIpc) is 3.10. The van der Waals surface area contributed by atoms with Gasteiger partial charge in [-0.05, 0) is 26.0 Å².